The van der Waals surface area contributed by atoms with Gasteiger partial charge >= 0.3 is 18.3 Å². The number of hydrogen-bond donors (Lipinski definition) is 2. The van der Waals surface area contributed by atoms with E-state index in [-0.39, 0.29) is 10.6 Å². The minimum Gasteiger partial charge on any atom is -0.478 e. The average Bonchev–Trinajstić information content (AvgIpc) is 3.23. The van der Waals surface area contributed by atoms with Gasteiger partial charge in [0.25, 0.3) is 0 Å². The van der Waals surface area contributed by atoms with E-state index >= 15 is 0 Å². The third kappa shape index (κ3) is 3.03. The molecule has 1 aromatic carbocycles. The van der Waals surface area contributed by atoms with E-state index in [4.69, 9.17) is 11.6 Å². The largest absolute Gasteiger partial charge is 0.478 e. The highest BCUT2D eigenvalue weighted by Gasteiger charge is 2.42. The number of halogens is 7. The number of rotatable bonds is 2. The van der Waals surface area contributed by atoms with Crippen LogP contribution in [0.15, 0.2) is 30.5 Å². The van der Waals surface area contributed by atoms with E-state index in [9.17, 15) is 36.2 Å². The van der Waals surface area contributed by atoms with Gasteiger partial charge in [0.05, 0.1) is 33.5 Å². The van der Waals surface area contributed by atoms with Crippen LogP contribution in [0.25, 0.3) is 27.7 Å². The van der Waals surface area contributed by atoms with Gasteiger partial charge in [-0.2, -0.15) is 36.5 Å². The van der Waals surface area contributed by atoms with Gasteiger partial charge in [0.1, 0.15) is 5.56 Å². The number of fused-ring (bicyclic) bond motifs is 2. The average molecular weight is 449 g/mol. The van der Waals surface area contributed by atoms with E-state index in [0.29, 0.717) is 27.6 Å². The van der Waals surface area contributed by atoms with Crippen molar-refractivity contribution in [2.75, 3.05) is 0 Å². The number of carbonyl (C=O) groups is 1. The molecule has 156 valence electrons. The molecule has 6 nitrogen and oxygen atoms in total. The van der Waals surface area contributed by atoms with Gasteiger partial charge in [-0.05, 0) is 24.3 Å². The van der Waals surface area contributed by atoms with E-state index in [1.165, 1.54) is 12.3 Å². The zero-order chi connectivity index (χ0) is 22.0. The standard InChI is InChI=1S/C17H7ClF6N4O2/c18-9-4-6(3-7-5-25-26-12(7)9)13-8(16(19,20)21)1-2-10-11(15(29)30)14(17(22,23)24)27-28(10)13/h1-5H,(H,25,26)(H,29,30). The summed E-state index contributed by atoms with van der Waals surface area (Å²) < 4.78 is 81.4. The number of aromatic carboxylic acids is 1. The Hall–Kier alpha value is -3.28. The molecule has 0 fully saturated rings. The van der Waals surface area contributed by atoms with Crippen LogP contribution in [0.3, 0.4) is 0 Å². The Balaban J connectivity index is 2.18. The Morgan fingerprint density at radius 1 is 1.10 bits per heavy atom. The zero-order valence-electron chi connectivity index (χ0n) is 14.2. The van der Waals surface area contributed by atoms with Gasteiger partial charge in [-0.15, -0.1) is 0 Å². The second kappa shape index (κ2) is 6.36. The number of nitrogens with zero attached hydrogens (tertiary/aromatic N) is 3. The summed E-state index contributed by atoms with van der Waals surface area (Å²) in [5, 5.41) is 19.0. The highest BCUT2D eigenvalue weighted by atomic mass is 35.5. The molecule has 0 aliphatic heterocycles. The summed E-state index contributed by atoms with van der Waals surface area (Å²) in [4.78, 5) is 11.5. The molecule has 30 heavy (non-hydrogen) atoms. The number of aromatic nitrogens is 4. The fourth-order valence-corrected chi connectivity index (χ4v) is 3.45. The van der Waals surface area contributed by atoms with Gasteiger partial charge < -0.3 is 5.11 Å². The minimum absolute atomic E-state index is 0.0354. The van der Waals surface area contributed by atoms with Gasteiger partial charge in [-0.1, -0.05) is 11.6 Å². The van der Waals surface area contributed by atoms with E-state index in [2.05, 4.69) is 15.3 Å². The number of carboxylic acid groups (broad SMARTS) is 1. The molecular weight excluding hydrogens is 442 g/mol. The highest BCUT2D eigenvalue weighted by molar-refractivity contribution is 6.35. The molecule has 13 heteroatoms. The molecule has 2 N–H and O–H groups in total. The fraction of sp³-hybridized carbons (Fsp3) is 0.118. The first-order valence-electron chi connectivity index (χ1n) is 7.96. The first-order valence-corrected chi connectivity index (χ1v) is 8.34. The summed E-state index contributed by atoms with van der Waals surface area (Å²) in [6.07, 6.45) is -8.92. The Morgan fingerprint density at radius 3 is 2.40 bits per heavy atom. The lowest BCUT2D eigenvalue weighted by molar-refractivity contribution is -0.141. The predicted molar refractivity (Wildman–Crippen MR) is 92.3 cm³/mol. The van der Waals surface area contributed by atoms with Gasteiger partial charge in [-0.3, -0.25) is 5.10 Å². The van der Waals surface area contributed by atoms with E-state index < -0.39 is 46.4 Å². The van der Waals surface area contributed by atoms with Crippen LogP contribution >= 0.6 is 11.6 Å². The predicted octanol–water partition coefficient (Wildman–Crippen LogP) is 5.27. The first-order chi connectivity index (χ1) is 13.9. The second-order valence-electron chi connectivity index (χ2n) is 6.21. The summed E-state index contributed by atoms with van der Waals surface area (Å²) in [6, 6.07) is 3.47. The molecule has 4 aromatic rings. The van der Waals surface area contributed by atoms with Gasteiger partial charge in [0.15, 0.2) is 5.69 Å². The van der Waals surface area contributed by atoms with Crippen molar-refractivity contribution < 1.29 is 36.2 Å². The van der Waals surface area contributed by atoms with Crippen LogP contribution in [0.4, 0.5) is 26.3 Å². The van der Waals surface area contributed by atoms with Crippen molar-refractivity contribution in [2.45, 2.75) is 12.4 Å². The van der Waals surface area contributed by atoms with Crippen molar-refractivity contribution in [1.29, 1.82) is 0 Å². The number of pyridine rings is 1. The van der Waals surface area contributed by atoms with Crippen LogP contribution in [0.5, 0.6) is 0 Å². The lowest BCUT2D eigenvalue weighted by atomic mass is 10.0. The third-order valence-electron chi connectivity index (χ3n) is 4.36. The van der Waals surface area contributed by atoms with Crippen molar-refractivity contribution in [3.63, 3.8) is 0 Å². The van der Waals surface area contributed by atoms with Gasteiger partial charge in [0, 0.05) is 10.9 Å². The molecule has 3 aromatic heterocycles. The number of hydrogen-bond acceptors (Lipinski definition) is 3. The van der Waals surface area contributed by atoms with Crippen LogP contribution in [0.1, 0.15) is 21.6 Å². The molecule has 0 atom stereocenters. The van der Waals surface area contributed by atoms with Crippen LogP contribution in [-0.4, -0.2) is 30.9 Å². The number of nitrogens with one attached hydrogen (secondary N) is 1. The molecule has 0 saturated carbocycles. The molecule has 0 aliphatic carbocycles. The van der Waals surface area contributed by atoms with Crippen molar-refractivity contribution in [1.82, 2.24) is 19.8 Å². The maximum atomic E-state index is 13.7. The maximum Gasteiger partial charge on any atom is 0.436 e. The SMILES string of the molecule is O=C(O)c1c(C(F)(F)F)nn2c(-c3cc(Cl)c4[nH]ncc4c3)c(C(F)(F)F)ccc12. The van der Waals surface area contributed by atoms with Gasteiger partial charge in [-0.25, -0.2) is 9.31 Å². The Morgan fingerprint density at radius 2 is 1.80 bits per heavy atom. The topological polar surface area (TPSA) is 83.3 Å². The molecular formula is C17H7ClF6N4O2. The van der Waals surface area contributed by atoms with Crippen molar-refractivity contribution >= 4 is 34.0 Å². The monoisotopic (exact) mass is 448 g/mol. The normalized spacial score (nSPS) is 12.8. The molecule has 0 spiro atoms. The fourth-order valence-electron chi connectivity index (χ4n) is 3.18. The molecule has 0 radical (unpaired) electrons. The van der Waals surface area contributed by atoms with Crippen LogP contribution in [0, 0.1) is 0 Å². The van der Waals surface area contributed by atoms with Crippen molar-refractivity contribution in [3.8, 4) is 11.3 Å². The first kappa shape index (κ1) is 20.0. The van der Waals surface area contributed by atoms with Crippen LogP contribution in [0.2, 0.25) is 5.02 Å². The maximum absolute atomic E-state index is 13.7. The van der Waals surface area contributed by atoms with Gasteiger partial charge in [0.2, 0.25) is 0 Å². The number of benzene rings is 1. The summed E-state index contributed by atoms with van der Waals surface area (Å²) in [5.41, 5.74) is -5.74. The minimum atomic E-state index is -5.21. The number of aromatic amines is 1. The number of alkyl halides is 6. The van der Waals surface area contributed by atoms with E-state index in [0.717, 1.165) is 6.07 Å². The number of carboxylic acids is 1. The zero-order valence-corrected chi connectivity index (χ0v) is 15.0. The molecule has 0 bridgehead atoms. The summed E-state index contributed by atoms with van der Waals surface area (Å²) >= 11 is 6.07. The number of H-pyrrole nitrogens is 1. The Labute approximate surface area is 166 Å². The van der Waals surface area contributed by atoms with Crippen LogP contribution < -0.4 is 0 Å². The van der Waals surface area contributed by atoms with E-state index in [1.54, 1.807) is 0 Å². The molecule has 3 heterocycles. The molecule has 0 amide bonds. The lowest BCUT2D eigenvalue weighted by Gasteiger charge is -2.15. The van der Waals surface area contributed by atoms with Crippen molar-refractivity contribution in [2.24, 2.45) is 0 Å². The Kier molecular flexibility index (Phi) is 4.24. The van der Waals surface area contributed by atoms with Crippen LogP contribution in [-0.2, 0) is 12.4 Å². The quantitative estimate of drug-likeness (QED) is 0.409. The Bertz CT molecular complexity index is 1320. The molecule has 0 unspecified atom stereocenters. The second-order valence-corrected chi connectivity index (χ2v) is 6.62. The molecule has 0 aliphatic rings. The smallest absolute Gasteiger partial charge is 0.436 e. The van der Waals surface area contributed by atoms with Crippen molar-refractivity contribution in [3.05, 3.63) is 52.3 Å². The molecule has 0 saturated heterocycles. The third-order valence-corrected chi connectivity index (χ3v) is 4.66. The summed E-state index contributed by atoms with van der Waals surface area (Å²) in [5.74, 6) is -1.98. The summed E-state index contributed by atoms with van der Waals surface area (Å²) in [6.45, 7) is 0. The van der Waals surface area contributed by atoms with E-state index in [1.807, 2.05) is 0 Å². The highest BCUT2D eigenvalue weighted by Crippen LogP contribution is 2.41. The summed E-state index contributed by atoms with van der Waals surface area (Å²) in [7, 11) is 0. The molecule has 4 rings (SSSR count). The lowest BCUT2D eigenvalue weighted by Crippen LogP contribution is -2.12.